The zero-order valence-electron chi connectivity index (χ0n) is 13.0. The maximum Gasteiger partial charge on any atom is 0.275 e. The molecular formula is C16H19ClN4O2S. The van der Waals surface area contributed by atoms with Crippen LogP contribution in [0, 0.1) is 0 Å². The summed E-state index contributed by atoms with van der Waals surface area (Å²) < 4.78 is 0. The molecule has 6 nitrogen and oxygen atoms in total. The van der Waals surface area contributed by atoms with Crippen molar-refractivity contribution in [3.8, 4) is 0 Å². The summed E-state index contributed by atoms with van der Waals surface area (Å²) >= 11 is 1.43. The zero-order chi connectivity index (χ0) is 16.2. The number of amides is 2. The Hall–Kier alpha value is -1.96. The summed E-state index contributed by atoms with van der Waals surface area (Å²) in [7, 11) is 0. The highest BCUT2D eigenvalue weighted by Gasteiger charge is 2.24. The molecule has 0 unspecified atom stereocenters. The van der Waals surface area contributed by atoms with Gasteiger partial charge in [-0.05, 0) is 25.1 Å². The zero-order valence-corrected chi connectivity index (χ0v) is 14.7. The van der Waals surface area contributed by atoms with Crippen molar-refractivity contribution in [1.82, 2.24) is 4.98 Å². The molecular weight excluding hydrogens is 348 g/mol. The molecule has 2 aromatic rings. The molecule has 1 aliphatic heterocycles. The largest absolute Gasteiger partial charge is 0.330 e. The molecule has 0 saturated carbocycles. The molecule has 0 spiro atoms. The Balaban J connectivity index is 0.00000208. The van der Waals surface area contributed by atoms with Crippen LogP contribution in [0.15, 0.2) is 29.6 Å². The van der Waals surface area contributed by atoms with Crippen LogP contribution in [0.1, 0.15) is 28.3 Å². The number of aromatic nitrogens is 1. The first-order chi connectivity index (χ1) is 11.2. The fraction of sp³-hybridized carbons (Fsp3) is 0.312. The van der Waals surface area contributed by atoms with Crippen LogP contribution in [-0.4, -0.2) is 29.9 Å². The normalized spacial score (nSPS) is 13.7. The molecule has 1 aliphatic rings. The Labute approximate surface area is 150 Å². The number of para-hydroxylation sites is 2. The summed E-state index contributed by atoms with van der Waals surface area (Å²) in [6, 6.07) is 7.34. The predicted molar refractivity (Wildman–Crippen MR) is 98.1 cm³/mol. The third-order valence-electron chi connectivity index (χ3n) is 3.66. The Morgan fingerprint density at radius 3 is 2.88 bits per heavy atom. The molecule has 0 radical (unpaired) electrons. The number of nitrogens with zero attached hydrogens (tertiary/aromatic N) is 2. The van der Waals surface area contributed by atoms with Crippen LogP contribution in [0.2, 0.25) is 0 Å². The lowest BCUT2D eigenvalue weighted by molar-refractivity contribution is -0.117. The number of hydrogen-bond donors (Lipinski definition) is 2. The lowest BCUT2D eigenvalue weighted by atomic mass is 10.2. The van der Waals surface area contributed by atoms with Crippen molar-refractivity contribution in [3.63, 3.8) is 0 Å². The molecule has 2 amide bonds. The SMILES string of the molecule is Cl.NCCc1nc(C(=O)Nc2ccccc2N2CCCC2=O)cs1. The first kappa shape index (κ1) is 18.4. The first-order valence-electron chi connectivity index (χ1n) is 7.54. The fourth-order valence-corrected chi connectivity index (χ4v) is 3.35. The van der Waals surface area contributed by atoms with E-state index in [1.165, 1.54) is 11.3 Å². The number of benzene rings is 1. The molecule has 3 N–H and O–H groups in total. The highest BCUT2D eigenvalue weighted by Crippen LogP contribution is 2.29. The van der Waals surface area contributed by atoms with Gasteiger partial charge in [-0.15, -0.1) is 23.7 Å². The van der Waals surface area contributed by atoms with Crippen LogP contribution in [0.4, 0.5) is 11.4 Å². The second-order valence-corrected chi connectivity index (χ2v) is 6.23. The van der Waals surface area contributed by atoms with E-state index in [2.05, 4.69) is 10.3 Å². The van der Waals surface area contributed by atoms with Crippen LogP contribution < -0.4 is 16.0 Å². The average Bonchev–Trinajstić information content (AvgIpc) is 3.17. The van der Waals surface area contributed by atoms with E-state index >= 15 is 0 Å². The van der Waals surface area contributed by atoms with E-state index in [1.807, 2.05) is 18.2 Å². The van der Waals surface area contributed by atoms with Crippen molar-refractivity contribution in [3.05, 3.63) is 40.3 Å². The molecule has 8 heteroatoms. The molecule has 24 heavy (non-hydrogen) atoms. The molecule has 0 bridgehead atoms. The lowest BCUT2D eigenvalue weighted by Crippen LogP contribution is -2.25. The minimum atomic E-state index is -0.274. The van der Waals surface area contributed by atoms with Crippen molar-refractivity contribution in [1.29, 1.82) is 0 Å². The molecule has 3 rings (SSSR count). The summed E-state index contributed by atoms with van der Waals surface area (Å²) in [5.74, 6) is -0.186. The van der Waals surface area contributed by atoms with Gasteiger partial charge in [-0.25, -0.2) is 4.98 Å². The predicted octanol–water partition coefficient (Wildman–Crippen LogP) is 2.45. The van der Waals surface area contributed by atoms with Gasteiger partial charge in [-0.2, -0.15) is 0 Å². The number of halogens is 1. The standard InChI is InChI=1S/C16H18N4O2S.ClH/c17-8-7-14-18-12(10-23-14)16(22)19-11-4-1-2-5-13(11)20-9-3-6-15(20)21;/h1-2,4-5,10H,3,6-9,17H2,(H,19,22);1H. The van der Waals surface area contributed by atoms with Crippen LogP contribution in [0.5, 0.6) is 0 Å². The van der Waals surface area contributed by atoms with E-state index in [0.29, 0.717) is 37.3 Å². The molecule has 0 aliphatic carbocycles. The van der Waals surface area contributed by atoms with Gasteiger partial charge in [-0.1, -0.05) is 12.1 Å². The van der Waals surface area contributed by atoms with Gasteiger partial charge in [0.15, 0.2) is 0 Å². The maximum absolute atomic E-state index is 12.4. The van der Waals surface area contributed by atoms with Gasteiger partial charge in [0, 0.05) is 24.8 Å². The van der Waals surface area contributed by atoms with Gasteiger partial charge in [0.05, 0.1) is 16.4 Å². The first-order valence-corrected chi connectivity index (χ1v) is 8.42. The molecule has 1 aromatic heterocycles. The number of rotatable bonds is 5. The molecule has 1 saturated heterocycles. The molecule has 1 fully saturated rings. The number of hydrogen-bond acceptors (Lipinski definition) is 5. The highest BCUT2D eigenvalue weighted by molar-refractivity contribution is 7.09. The third-order valence-corrected chi connectivity index (χ3v) is 4.57. The fourth-order valence-electron chi connectivity index (χ4n) is 2.56. The summed E-state index contributed by atoms with van der Waals surface area (Å²) in [5, 5.41) is 5.43. The van der Waals surface area contributed by atoms with Crippen LogP contribution in [0.3, 0.4) is 0 Å². The van der Waals surface area contributed by atoms with Gasteiger partial charge in [-0.3, -0.25) is 9.59 Å². The second kappa shape index (κ2) is 8.23. The van der Waals surface area contributed by atoms with Crippen molar-refractivity contribution >= 4 is 46.9 Å². The van der Waals surface area contributed by atoms with Crippen LogP contribution >= 0.6 is 23.7 Å². The average molecular weight is 367 g/mol. The smallest absolute Gasteiger partial charge is 0.275 e. The van der Waals surface area contributed by atoms with Crippen molar-refractivity contribution in [2.24, 2.45) is 5.73 Å². The molecule has 0 atom stereocenters. The van der Waals surface area contributed by atoms with Crippen molar-refractivity contribution < 1.29 is 9.59 Å². The monoisotopic (exact) mass is 366 g/mol. The number of thiazole rings is 1. The molecule has 1 aromatic carbocycles. The lowest BCUT2D eigenvalue weighted by Gasteiger charge is -2.19. The number of carbonyl (C=O) groups is 2. The summed E-state index contributed by atoms with van der Waals surface area (Å²) in [5.41, 5.74) is 7.24. The highest BCUT2D eigenvalue weighted by atomic mass is 35.5. The number of anilines is 2. The third kappa shape index (κ3) is 3.92. The van der Waals surface area contributed by atoms with E-state index in [0.717, 1.165) is 17.1 Å². The maximum atomic E-state index is 12.4. The van der Waals surface area contributed by atoms with E-state index in [9.17, 15) is 9.59 Å². The minimum Gasteiger partial charge on any atom is -0.330 e. The Kier molecular flexibility index (Phi) is 6.30. The van der Waals surface area contributed by atoms with Gasteiger partial charge < -0.3 is 16.0 Å². The van der Waals surface area contributed by atoms with Crippen LogP contribution in [-0.2, 0) is 11.2 Å². The summed E-state index contributed by atoms with van der Waals surface area (Å²) in [6.07, 6.45) is 2.06. The Morgan fingerprint density at radius 1 is 1.38 bits per heavy atom. The van der Waals surface area contributed by atoms with E-state index in [4.69, 9.17) is 5.73 Å². The number of nitrogens with two attached hydrogens (primary N) is 1. The minimum absolute atomic E-state index is 0. The topological polar surface area (TPSA) is 88.3 Å². The molecule has 128 valence electrons. The molecule has 2 heterocycles. The Bertz CT molecular complexity index is 734. The van der Waals surface area contributed by atoms with Crippen LogP contribution in [0.25, 0.3) is 0 Å². The summed E-state index contributed by atoms with van der Waals surface area (Å²) in [6.45, 7) is 1.19. The van der Waals surface area contributed by atoms with Gasteiger partial charge >= 0.3 is 0 Å². The van der Waals surface area contributed by atoms with E-state index in [-0.39, 0.29) is 24.2 Å². The summed E-state index contributed by atoms with van der Waals surface area (Å²) in [4.78, 5) is 30.3. The quantitative estimate of drug-likeness (QED) is 0.850. The number of carbonyl (C=O) groups excluding carboxylic acids is 2. The van der Waals surface area contributed by atoms with E-state index < -0.39 is 0 Å². The number of nitrogens with one attached hydrogen (secondary N) is 1. The second-order valence-electron chi connectivity index (χ2n) is 5.29. The van der Waals surface area contributed by atoms with Gasteiger partial charge in [0.1, 0.15) is 5.69 Å². The van der Waals surface area contributed by atoms with Crippen molar-refractivity contribution in [2.45, 2.75) is 19.3 Å². The van der Waals surface area contributed by atoms with Gasteiger partial charge in [0.25, 0.3) is 5.91 Å². The van der Waals surface area contributed by atoms with Crippen molar-refractivity contribution in [2.75, 3.05) is 23.3 Å². The van der Waals surface area contributed by atoms with Gasteiger partial charge in [0.2, 0.25) is 5.91 Å². The van der Waals surface area contributed by atoms with E-state index in [1.54, 1.807) is 16.3 Å². The Morgan fingerprint density at radius 2 is 2.17 bits per heavy atom.